The van der Waals surface area contributed by atoms with Crippen molar-refractivity contribution in [1.82, 2.24) is 0 Å². The zero-order valence-electron chi connectivity index (χ0n) is 11.6. The van der Waals surface area contributed by atoms with E-state index in [1.807, 2.05) is 0 Å². The van der Waals surface area contributed by atoms with Crippen LogP contribution in [0.3, 0.4) is 0 Å². The zero-order valence-corrected chi connectivity index (χ0v) is 11.6. The van der Waals surface area contributed by atoms with Crippen LogP contribution in [0.25, 0.3) is 0 Å². The minimum Gasteiger partial charge on any atom is -0.463 e. The Bertz CT molecular complexity index is 294. The van der Waals surface area contributed by atoms with Crippen molar-refractivity contribution in [2.75, 3.05) is 13.2 Å². The zero-order chi connectivity index (χ0) is 15.3. The van der Waals surface area contributed by atoms with E-state index in [1.165, 1.54) is 0 Å². The molecule has 1 fully saturated rings. The second-order valence-electron chi connectivity index (χ2n) is 3.17. The van der Waals surface area contributed by atoms with Crippen LogP contribution in [-0.4, -0.2) is 37.4 Å². The van der Waals surface area contributed by atoms with Crippen LogP contribution < -0.4 is 0 Å². The smallest absolute Gasteiger partial charge is 0.330 e. The molecule has 108 valence electrons. The first-order valence-corrected chi connectivity index (χ1v) is 5.79. The maximum Gasteiger partial charge on any atom is 0.330 e. The van der Waals surface area contributed by atoms with Gasteiger partial charge < -0.3 is 14.2 Å². The number of epoxide rings is 1. The Balaban J connectivity index is 0. The molecular weight excluding hydrogens is 248 g/mol. The number of rotatable bonds is 5. The lowest BCUT2D eigenvalue weighted by atomic mass is 10.3. The van der Waals surface area contributed by atoms with E-state index in [0.29, 0.717) is 13.2 Å². The highest BCUT2D eigenvalue weighted by Gasteiger charge is 2.31. The second kappa shape index (κ2) is 12.6. The molecule has 1 heterocycles. The third-order valence-electron chi connectivity index (χ3n) is 1.80. The first-order valence-electron chi connectivity index (χ1n) is 5.79. The van der Waals surface area contributed by atoms with Crippen LogP contribution in [0.4, 0.5) is 0 Å². The molecule has 0 aromatic carbocycles. The van der Waals surface area contributed by atoms with Crippen LogP contribution >= 0.6 is 0 Å². The van der Waals surface area contributed by atoms with E-state index in [-0.39, 0.29) is 24.1 Å². The average Bonchev–Trinajstić information content (AvgIpc) is 3.26. The summed E-state index contributed by atoms with van der Waals surface area (Å²) in [5, 5.41) is 0. The van der Waals surface area contributed by atoms with Crippen molar-refractivity contribution in [1.29, 1.82) is 0 Å². The first kappa shape index (κ1) is 19.5. The Kier molecular flexibility index (Phi) is 12.9. The summed E-state index contributed by atoms with van der Waals surface area (Å²) in [6.45, 7) is 17.2. The van der Waals surface area contributed by atoms with E-state index in [0.717, 1.165) is 12.2 Å². The van der Waals surface area contributed by atoms with Gasteiger partial charge in [0.1, 0.15) is 12.2 Å². The van der Waals surface area contributed by atoms with E-state index < -0.39 is 0 Å². The summed E-state index contributed by atoms with van der Waals surface area (Å²) in [7, 11) is 0. The topological polar surface area (TPSA) is 65.1 Å². The summed E-state index contributed by atoms with van der Waals surface area (Å²) in [5.74, 6) is -0.745. The summed E-state index contributed by atoms with van der Waals surface area (Å²) >= 11 is 0. The Morgan fingerprint density at radius 3 is 2.05 bits per heavy atom. The highest BCUT2D eigenvalue weighted by molar-refractivity contribution is 5.81. The molecule has 19 heavy (non-hydrogen) atoms. The number of esters is 2. The Morgan fingerprint density at radius 1 is 1.32 bits per heavy atom. The molecule has 5 nitrogen and oxygen atoms in total. The van der Waals surface area contributed by atoms with Crippen molar-refractivity contribution in [3.63, 3.8) is 0 Å². The Labute approximate surface area is 114 Å². The molecule has 0 saturated carbocycles. The van der Waals surface area contributed by atoms with Gasteiger partial charge in [0.25, 0.3) is 0 Å². The molecule has 0 spiro atoms. The minimum atomic E-state index is -0.386. The molecule has 0 aromatic heterocycles. The highest BCUT2D eigenvalue weighted by atomic mass is 16.6. The van der Waals surface area contributed by atoms with Gasteiger partial charge in [-0.05, 0) is 13.8 Å². The SMILES string of the molecule is C=C.C=CC(=O)OC(C)C1CO1.C=CC(=O)OCC. The standard InChI is InChI=1S/C7H10O3.C5H8O2.C2H4/c1-3-7(8)10-5(2)6-4-9-6;1-3-5(6)7-4-2;1-2/h3,5-6H,1,4H2,2H3;3H,1,4H2,2H3;1-2H2. The summed E-state index contributed by atoms with van der Waals surface area (Å²) < 4.78 is 14.2. The monoisotopic (exact) mass is 270 g/mol. The number of hydrogen-bond donors (Lipinski definition) is 0. The van der Waals surface area contributed by atoms with E-state index in [9.17, 15) is 9.59 Å². The second-order valence-corrected chi connectivity index (χ2v) is 3.17. The van der Waals surface area contributed by atoms with Gasteiger partial charge in [-0.3, -0.25) is 0 Å². The van der Waals surface area contributed by atoms with Gasteiger partial charge >= 0.3 is 11.9 Å². The summed E-state index contributed by atoms with van der Waals surface area (Å²) in [4.78, 5) is 20.6. The number of carbonyl (C=O) groups is 2. The molecule has 0 N–H and O–H groups in total. The fraction of sp³-hybridized carbons (Fsp3) is 0.429. The maximum absolute atomic E-state index is 10.6. The van der Waals surface area contributed by atoms with Gasteiger partial charge in [-0.2, -0.15) is 0 Å². The minimum absolute atomic E-state index is 0.115. The summed E-state index contributed by atoms with van der Waals surface area (Å²) in [5.41, 5.74) is 0. The molecule has 0 aliphatic carbocycles. The first-order chi connectivity index (χ1) is 9.04. The molecule has 1 saturated heterocycles. The predicted octanol–water partition coefficient (Wildman–Crippen LogP) is 2.04. The van der Waals surface area contributed by atoms with Gasteiger partial charge in [0.05, 0.1) is 13.2 Å². The third-order valence-corrected chi connectivity index (χ3v) is 1.80. The largest absolute Gasteiger partial charge is 0.463 e. The normalized spacial score (nSPS) is 16.2. The van der Waals surface area contributed by atoms with Crippen LogP contribution in [0.1, 0.15) is 13.8 Å². The quantitative estimate of drug-likeness (QED) is 0.331. The van der Waals surface area contributed by atoms with Crippen molar-refractivity contribution in [2.24, 2.45) is 0 Å². The molecule has 0 amide bonds. The van der Waals surface area contributed by atoms with E-state index in [2.05, 4.69) is 31.1 Å². The lowest BCUT2D eigenvalue weighted by Crippen LogP contribution is -2.18. The van der Waals surface area contributed by atoms with Crippen LogP contribution in [0.5, 0.6) is 0 Å². The van der Waals surface area contributed by atoms with Crippen LogP contribution in [0.2, 0.25) is 0 Å². The molecule has 2 atom stereocenters. The molecule has 1 aliphatic heterocycles. The van der Waals surface area contributed by atoms with Crippen LogP contribution in [0, 0.1) is 0 Å². The Hall–Kier alpha value is -1.88. The maximum atomic E-state index is 10.6. The number of hydrogen-bond acceptors (Lipinski definition) is 5. The van der Waals surface area contributed by atoms with E-state index >= 15 is 0 Å². The molecule has 1 rings (SSSR count). The molecule has 0 aromatic rings. The summed E-state index contributed by atoms with van der Waals surface area (Å²) in [6.07, 6.45) is 2.27. The van der Waals surface area contributed by atoms with Gasteiger partial charge in [-0.25, -0.2) is 9.59 Å². The van der Waals surface area contributed by atoms with Gasteiger partial charge in [0, 0.05) is 12.2 Å². The van der Waals surface area contributed by atoms with E-state index in [4.69, 9.17) is 9.47 Å². The van der Waals surface area contributed by atoms with Gasteiger partial charge in [-0.1, -0.05) is 13.2 Å². The molecular formula is C14H22O5. The molecule has 0 bridgehead atoms. The average molecular weight is 270 g/mol. The number of carbonyl (C=O) groups excluding carboxylic acids is 2. The van der Waals surface area contributed by atoms with E-state index in [1.54, 1.807) is 13.8 Å². The molecule has 0 radical (unpaired) electrons. The van der Waals surface area contributed by atoms with Crippen molar-refractivity contribution in [2.45, 2.75) is 26.1 Å². The fourth-order valence-electron chi connectivity index (χ4n) is 0.835. The lowest BCUT2D eigenvalue weighted by Gasteiger charge is -2.06. The number of ether oxygens (including phenoxy) is 3. The fourth-order valence-corrected chi connectivity index (χ4v) is 0.835. The lowest BCUT2D eigenvalue weighted by molar-refractivity contribution is -0.143. The van der Waals surface area contributed by atoms with Crippen LogP contribution in [0.15, 0.2) is 38.5 Å². The highest BCUT2D eigenvalue weighted by Crippen LogP contribution is 2.16. The summed E-state index contributed by atoms with van der Waals surface area (Å²) in [6, 6.07) is 0. The predicted molar refractivity (Wildman–Crippen MR) is 73.6 cm³/mol. The van der Waals surface area contributed by atoms with Crippen molar-refractivity contribution in [3.8, 4) is 0 Å². The van der Waals surface area contributed by atoms with Crippen LogP contribution in [-0.2, 0) is 23.8 Å². The van der Waals surface area contributed by atoms with Crippen molar-refractivity contribution >= 4 is 11.9 Å². The van der Waals surface area contributed by atoms with Gasteiger partial charge in [-0.15, -0.1) is 13.2 Å². The molecule has 1 aliphatic rings. The van der Waals surface area contributed by atoms with Crippen molar-refractivity contribution < 1.29 is 23.8 Å². The molecule has 2 unspecified atom stereocenters. The van der Waals surface area contributed by atoms with Gasteiger partial charge in [0.2, 0.25) is 0 Å². The molecule has 5 heteroatoms. The van der Waals surface area contributed by atoms with Crippen molar-refractivity contribution in [3.05, 3.63) is 38.5 Å². The Morgan fingerprint density at radius 2 is 1.79 bits per heavy atom. The van der Waals surface area contributed by atoms with Gasteiger partial charge in [0.15, 0.2) is 0 Å². The third kappa shape index (κ3) is 12.4.